The molecule has 0 bridgehead atoms. The Balaban J connectivity index is 2.05. The van der Waals surface area contributed by atoms with E-state index >= 15 is 0 Å². The lowest BCUT2D eigenvalue weighted by Gasteiger charge is -2.06. The summed E-state index contributed by atoms with van der Waals surface area (Å²) in [6.07, 6.45) is 3.60. The molecule has 0 aliphatic rings. The highest BCUT2D eigenvalue weighted by Gasteiger charge is 2.04. The summed E-state index contributed by atoms with van der Waals surface area (Å²) in [5.74, 6) is 0.809. The van der Waals surface area contributed by atoms with Crippen LogP contribution in [0.15, 0.2) is 36.5 Å². The summed E-state index contributed by atoms with van der Waals surface area (Å²) in [5.41, 5.74) is 2.08. The van der Waals surface area contributed by atoms with Crippen LogP contribution in [0.25, 0.3) is 0 Å². The Bertz CT molecular complexity index is 528. The molecule has 0 saturated heterocycles. The molecule has 0 radical (unpaired) electrons. The van der Waals surface area contributed by atoms with Crippen LogP contribution in [0.2, 0.25) is 5.02 Å². The number of hydrogen-bond donors (Lipinski definition) is 1. The van der Waals surface area contributed by atoms with Crippen LogP contribution >= 0.6 is 11.6 Å². The fourth-order valence-electron chi connectivity index (χ4n) is 1.83. The molecule has 2 aromatic rings. The summed E-state index contributed by atoms with van der Waals surface area (Å²) in [6, 6.07) is 9.75. The molecule has 1 N–H and O–H groups in total. The van der Waals surface area contributed by atoms with Gasteiger partial charge in [0, 0.05) is 24.2 Å². The molecular weight excluding hydrogens is 258 g/mol. The maximum atomic E-state index is 6.15. The highest BCUT2D eigenvalue weighted by Crippen LogP contribution is 2.17. The Labute approximate surface area is 119 Å². The quantitative estimate of drug-likeness (QED) is 0.823. The van der Waals surface area contributed by atoms with E-state index in [1.165, 1.54) is 0 Å². The summed E-state index contributed by atoms with van der Waals surface area (Å²) in [4.78, 5) is 8.86. The van der Waals surface area contributed by atoms with Gasteiger partial charge in [-0.25, -0.2) is 9.97 Å². The summed E-state index contributed by atoms with van der Waals surface area (Å²) in [7, 11) is 0. The van der Waals surface area contributed by atoms with Crippen LogP contribution in [0.3, 0.4) is 0 Å². The number of benzene rings is 1. The van der Waals surface area contributed by atoms with Crippen molar-refractivity contribution in [2.75, 3.05) is 6.54 Å². The van der Waals surface area contributed by atoms with E-state index in [-0.39, 0.29) is 0 Å². The molecule has 1 aromatic carbocycles. The van der Waals surface area contributed by atoms with Gasteiger partial charge in [-0.05, 0) is 30.7 Å². The standard InChI is InChI=1S/C15H18ClN3/c1-2-8-17-11-13-7-9-18-15(19-13)10-12-5-3-4-6-14(12)16/h3-7,9,17H,2,8,10-11H2,1H3. The Kier molecular flexibility index (Phi) is 5.31. The first kappa shape index (κ1) is 14.0. The molecule has 2 rings (SSSR count). The second kappa shape index (κ2) is 7.22. The molecule has 0 amide bonds. The predicted octanol–water partition coefficient (Wildman–Crippen LogP) is 3.22. The highest BCUT2D eigenvalue weighted by molar-refractivity contribution is 6.31. The topological polar surface area (TPSA) is 37.8 Å². The third-order valence-electron chi connectivity index (χ3n) is 2.80. The minimum atomic E-state index is 0.668. The first-order valence-corrected chi connectivity index (χ1v) is 6.92. The van der Waals surface area contributed by atoms with Gasteiger partial charge in [-0.2, -0.15) is 0 Å². The van der Waals surface area contributed by atoms with Crippen LogP contribution in [0.4, 0.5) is 0 Å². The van der Waals surface area contributed by atoms with Crippen molar-refractivity contribution in [3.63, 3.8) is 0 Å². The van der Waals surface area contributed by atoms with Gasteiger partial charge in [-0.15, -0.1) is 0 Å². The minimum absolute atomic E-state index is 0.668. The van der Waals surface area contributed by atoms with Gasteiger partial charge in [0.2, 0.25) is 0 Å². The Morgan fingerprint density at radius 3 is 2.84 bits per heavy atom. The van der Waals surface area contributed by atoms with Crippen LogP contribution in [0.1, 0.15) is 30.4 Å². The molecule has 3 nitrogen and oxygen atoms in total. The summed E-state index contributed by atoms with van der Waals surface area (Å²) < 4.78 is 0. The lowest BCUT2D eigenvalue weighted by molar-refractivity contribution is 0.659. The predicted molar refractivity (Wildman–Crippen MR) is 78.3 cm³/mol. The van der Waals surface area contributed by atoms with Crippen LogP contribution in [0, 0.1) is 0 Å². The van der Waals surface area contributed by atoms with E-state index in [4.69, 9.17) is 11.6 Å². The van der Waals surface area contributed by atoms with E-state index in [2.05, 4.69) is 22.2 Å². The molecule has 19 heavy (non-hydrogen) atoms. The maximum Gasteiger partial charge on any atom is 0.133 e. The lowest BCUT2D eigenvalue weighted by Crippen LogP contribution is -2.15. The molecule has 0 saturated carbocycles. The zero-order valence-corrected chi connectivity index (χ0v) is 11.8. The monoisotopic (exact) mass is 275 g/mol. The zero-order chi connectivity index (χ0) is 13.5. The molecule has 0 fully saturated rings. The van der Waals surface area contributed by atoms with E-state index in [1.54, 1.807) is 0 Å². The van der Waals surface area contributed by atoms with Crippen molar-refractivity contribution in [2.45, 2.75) is 26.3 Å². The number of aromatic nitrogens is 2. The number of nitrogens with zero attached hydrogens (tertiary/aromatic N) is 2. The minimum Gasteiger partial charge on any atom is -0.311 e. The number of rotatable bonds is 6. The largest absolute Gasteiger partial charge is 0.311 e. The SMILES string of the molecule is CCCNCc1ccnc(Cc2ccccc2Cl)n1. The lowest BCUT2D eigenvalue weighted by atomic mass is 10.1. The number of nitrogens with one attached hydrogen (secondary N) is 1. The fraction of sp³-hybridized carbons (Fsp3) is 0.333. The van der Waals surface area contributed by atoms with Crippen molar-refractivity contribution in [3.8, 4) is 0 Å². The molecule has 4 heteroatoms. The van der Waals surface area contributed by atoms with Gasteiger partial charge in [-0.1, -0.05) is 36.7 Å². The van der Waals surface area contributed by atoms with Gasteiger partial charge in [0.05, 0.1) is 5.69 Å². The summed E-state index contributed by atoms with van der Waals surface area (Å²) in [5, 5.41) is 4.10. The van der Waals surface area contributed by atoms with E-state index in [0.29, 0.717) is 6.42 Å². The van der Waals surface area contributed by atoms with Crippen molar-refractivity contribution in [1.82, 2.24) is 15.3 Å². The first-order chi connectivity index (χ1) is 9.29. The van der Waals surface area contributed by atoms with E-state index in [1.807, 2.05) is 36.5 Å². The van der Waals surface area contributed by atoms with E-state index in [0.717, 1.165) is 41.6 Å². The van der Waals surface area contributed by atoms with Gasteiger partial charge in [0.25, 0.3) is 0 Å². The highest BCUT2D eigenvalue weighted by atomic mass is 35.5. The van der Waals surface area contributed by atoms with Gasteiger partial charge < -0.3 is 5.32 Å². The van der Waals surface area contributed by atoms with Crippen molar-refractivity contribution in [3.05, 3.63) is 58.6 Å². The van der Waals surface area contributed by atoms with Gasteiger partial charge >= 0.3 is 0 Å². The first-order valence-electron chi connectivity index (χ1n) is 6.54. The summed E-state index contributed by atoms with van der Waals surface area (Å²) in [6.45, 7) is 3.94. The van der Waals surface area contributed by atoms with Crippen LogP contribution in [-0.2, 0) is 13.0 Å². The van der Waals surface area contributed by atoms with Crippen LogP contribution in [-0.4, -0.2) is 16.5 Å². The Hall–Kier alpha value is -1.45. The second-order valence-corrected chi connectivity index (χ2v) is 4.82. The van der Waals surface area contributed by atoms with Crippen molar-refractivity contribution in [2.24, 2.45) is 0 Å². The van der Waals surface area contributed by atoms with Crippen molar-refractivity contribution >= 4 is 11.6 Å². The average molecular weight is 276 g/mol. The molecule has 1 aromatic heterocycles. The summed E-state index contributed by atoms with van der Waals surface area (Å²) >= 11 is 6.15. The smallest absolute Gasteiger partial charge is 0.133 e. The Morgan fingerprint density at radius 2 is 2.05 bits per heavy atom. The number of halogens is 1. The van der Waals surface area contributed by atoms with Gasteiger partial charge in [0.1, 0.15) is 5.82 Å². The molecular formula is C15H18ClN3. The molecule has 0 unspecified atom stereocenters. The third-order valence-corrected chi connectivity index (χ3v) is 3.17. The average Bonchev–Trinajstić information content (AvgIpc) is 2.42. The molecule has 0 aliphatic carbocycles. The van der Waals surface area contributed by atoms with Gasteiger partial charge in [-0.3, -0.25) is 0 Å². The van der Waals surface area contributed by atoms with Crippen molar-refractivity contribution in [1.29, 1.82) is 0 Å². The van der Waals surface area contributed by atoms with Gasteiger partial charge in [0.15, 0.2) is 0 Å². The molecule has 100 valence electrons. The number of hydrogen-bond acceptors (Lipinski definition) is 3. The van der Waals surface area contributed by atoms with Crippen LogP contribution < -0.4 is 5.32 Å². The molecule has 0 aliphatic heterocycles. The maximum absolute atomic E-state index is 6.15. The molecule has 0 spiro atoms. The second-order valence-electron chi connectivity index (χ2n) is 4.41. The van der Waals surface area contributed by atoms with E-state index in [9.17, 15) is 0 Å². The fourth-order valence-corrected chi connectivity index (χ4v) is 2.03. The third kappa shape index (κ3) is 4.30. The zero-order valence-electron chi connectivity index (χ0n) is 11.1. The Morgan fingerprint density at radius 1 is 1.21 bits per heavy atom. The molecule has 0 atom stereocenters. The normalized spacial score (nSPS) is 10.6. The van der Waals surface area contributed by atoms with Crippen LogP contribution in [0.5, 0.6) is 0 Å². The molecule has 1 heterocycles. The van der Waals surface area contributed by atoms with Crippen molar-refractivity contribution < 1.29 is 0 Å². The van der Waals surface area contributed by atoms with E-state index < -0.39 is 0 Å².